The summed E-state index contributed by atoms with van der Waals surface area (Å²) in [6.07, 6.45) is 0. The van der Waals surface area contributed by atoms with Crippen LogP contribution in [0.1, 0.15) is 24.1 Å². The van der Waals surface area contributed by atoms with Gasteiger partial charge in [0.2, 0.25) is 10.0 Å². The molecule has 0 unspecified atom stereocenters. The predicted molar refractivity (Wildman–Crippen MR) is 65.4 cm³/mol. The van der Waals surface area contributed by atoms with Crippen LogP contribution in [0.2, 0.25) is 0 Å². The van der Waals surface area contributed by atoms with E-state index in [0.29, 0.717) is 0 Å². The molecule has 1 aromatic rings. The zero-order chi connectivity index (χ0) is 11.5. The molecular formula is C10H14BrNO2S. The van der Waals surface area contributed by atoms with Gasteiger partial charge in [0.15, 0.2) is 0 Å². The minimum atomic E-state index is -3.21. The standard InChI is InChI=1S/C10H14BrNO2S/c1-8-3-5-10(6-4-8)9(2)12-15(13,14)7-11/h3-6,9,12H,7H2,1-2H3/t9-/m1/s1. The zero-order valence-electron chi connectivity index (χ0n) is 8.70. The third kappa shape index (κ3) is 3.93. The first-order valence-electron chi connectivity index (χ1n) is 4.57. The van der Waals surface area contributed by atoms with Crippen LogP contribution in [-0.2, 0) is 10.0 Å². The van der Waals surface area contributed by atoms with Gasteiger partial charge in [-0.3, -0.25) is 0 Å². The van der Waals surface area contributed by atoms with Crippen molar-refractivity contribution in [2.75, 3.05) is 4.66 Å². The Balaban J connectivity index is 2.78. The second kappa shape index (κ2) is 5.09. The van der Waals surface area contributed by atoms with Gasteiger partial charge in [-0.15, -0.1) is 0 Å². The van der Waals surface area contributed by atoms with E-state index < -0.39 is 10.0 Å². The highest BCUT2D eigenvalue weighted by molar-refractivity contribution is 9.10. The molecule has 0 aliphatic rings. The molecule has 0 fully saturated rings. The van der Waals surface area contributed by atoms with Crippen molar-refractivity contribution in [3.05, 3.63) is 35.4 Å². The average Bonchev–Trinajstić information content (AvgIpc) is 2.18. The van der Waals surface area contributed by atoms with Crippen molar-refractivity contribution >= 4 is 26.0 Å². The lowest BCUT2D eigenvalue weighted by atomic mass is 10.1. The molecule has 0 spiro atoms. The third-order valence-electron chi connectivity index (χ3n) is 2.08. The van der Waals surface area contributed by atoms with Crippen molar-refractivity contribution in [2.24, 2.45) is 0 Å². The van der Waals surface area contributed by atoms with E-state index in [1.54, 1.807) is 0 Å². The Morgan fingerprint density at radius 2 is 1.87 bits per heavy atom. The van der Waals surface area contributed by atoms with Crippen molar-refractivity contribution < 1.29 is 8.42 Å². The molecule has 1 aromatic carbocycles. The number of halogens is 1. The first-order chi connectivity index (χ1) is 6.94. The Kier molecular flexibility index (Phi) is 4.31. The molecule has 1 rings (SSSR count). The van der Waals surface area contributed by atoms with Gasteiger partial charge in [0.25, 0.3) is 0 Å². The van der Waals surface area contributed by atoms with Crippen molar-refractivity contribution in [3.8, 4) is 0 Å². The van der Waals surface area contributed by atoms with Crippen LogP contribution in [-0.4, -0.2) is 13.1 Å². The average molecular weight is 292 g/mol. The van der Waals surface area contributed by atoms with E-state index in [2.05, 4.69) is 20.7 Å². The van der Waals surface area contributed by atoms with Crippen LogP contribution in [0.15, 0.2) is 24.3 Å². The second-order valence-corrected chi connectivity index (χ2v) is 6.53. The highest BCUT2D eigenvalue weighted by atomic mass is 79.9. The SMILES string of the molecule is Cc1ccc([C@@H](C)NS(=O)(=O)CBr)cc1. The summed E-state index contributed by atoms with van der Waals surface area (Å²) >= 11 is 2.93. The smallest absolute Gasteiger partial charge is 0.212 e. The van der Waals surface area contributed by atoms with Crippen molar-refractivity contribution in [1.29, 1.82) is 0 Å². The van der Waals surface area contributed by atoms with Gasteiger partial charge in [0, 0.05) is 6.04 Å². The molecule has 1 atom stereocenters. The molecule has 0 aromatic heterocycles. The van der Waals surface area contributed by atoms with E-state index in [1.165, 1.54) is 0 Å². The molecule has 0 radical (unpaired) electrons. The van der Waals surface area contributed by atoms with E-state index in [9.17, 15) is 8.42 Å². The third-order valence-corrected chi connectivity index (χ3v) is 4.89. The summed E-state index contributed by atoms with van der Waals surface area (Å²) < 4.78 is 25.1. The number of benzene rings is 1. The van der Waals surface area contributed by atoms with Gasteiger partial charge in [-0.05, 0) is 19.4 Å². The number of alkyl halides is 1. The van der Waals surface area contributed by atoms with Crippen LogP contribution in [0.5, 0.6) is 0 Å². The molecule has 84 valence electrons. The highest BCUT2D eigenvalue weighted by Gasteiger charge is 2.13. The Bertz CT molecular complexity index is 414. The van der Waals surface area contributed by atoms with Crippen LogP contribution < -0.4 is 4.72 Å². The van der Waals surface area contributed by atoms with Gasteiger partial charge < -0.3 is 0 Å². The van der Waals surface area contributed by atoms with E-state index in [4.69, 9.17) is 0 Å². The lowest BCUT2D eigenvalue weighted by Crippen LogP contribution is -2.27. The molecule has 0 bridgehead atoms. The topological polar surface area (TPSA) is 46.2 Å². The first kappa shape index (κ1) is 12.7. The van der Waals surface area contributed by atoms with Crippen molar-refractivity contribution in [2.45, 2.75) is 19.9 Å². The Labute approximate surface area is 99.1 Å². The quantitative estimate of drug-likeness (QED) is 0.866. The maximum Gasteiger partial charge on any atom is 0.222 e. The fourth-order valence-corrected chi connectivity index (χ4v) is 2.36. The van der Waals surface area contributed by atoms with E-state index in [0.717, 1.165) is 11.1 Å². The molecular weight excluding hydrogens is 278 g/mol. The predicted octanol–water partition coefficient (Wildman–Crippen LogP) is 2.33. The molecule has 15 heavy (non-hydrogen) atoms. The summed E-state index contributed by atoms with van der Waals surface area (Å²) in [7, 11) is -3.21. The summed E-state index contributed by atoms with van der Waals surface area (Å²) in [5.74, 6) is 0. The van der Waals surface area contributed by atoms with E-state index in [1.807, 2.05) is 38.1 Å². The number of hydrogen-bond acceptors (Lipinski definition) is 2. The van der Waals surface area contributed by atoms with Crippen LogP contribution in [0.25, 0.3) is 0 Å². The number of hydrogen-bond donors (Lipinski definition) is 1. The van der Waals surface area contributed by atoms with Gasteiger partial charge in [-0.1, -0.05) is 45.8 Å². The molecule has 0 saturated heterocycles. The molecule has 1 N–H and O–H groups in total. The Morgan fingerprint density at radius 1 is 1.33 bits per heavy atom. The Morgan fingerprint density at radius 3 is 2.33 bits per heavy atom. The molecule has 3 nitrogen and oxygen atoms in total. The fraction of sp³-hybridized carbons (Fsp3) is 0.400. The van der Waals surface area contributed by atoms with Gasteiger partial charge in [-0.2, -0.15) is 0 Å². The zero-order valence-corrected chi connectivity index (χ0v) is 11.1. The summed E-state index contributed by atoms with van der Waals surface area (Å²) in [5, 5.41) is 0. The second-order valence-electron chi connectivity index (χ2n) is 3.47. The number of sulfonamides is 1. The molecule has 0 amide bonds. The van der Waals surface area contributed by atoms with Crippen molar-refractivity contribution in [1.82, 2.24) is 4.72 Å². The number of rotatable bonds is 4. The van der Waals surface area contributed by atoms with Gasteiger partial charge in [0.1, 0.15) is 4.66 Å². The van der Waals surface area contributed by atoms with Gasteiger partial charge in [0.05, 0.1) is 0 Å². The molecule has 0 aliphatic carbocycles. The maximum absolute atomic E-state index is 11.3. The Hall–Kier alpha value is -0.390. The number of aryl methyl sites for hydroxylation is 1. The van der Waals surface area contributed by atoms with Gasteiger partial charge >= 0.3 is 0 Å². The minimum absolute atomic E-state index is 0.0732. The summed E-state index contributed by atoms with van der Waals surface area (Å²) in [4.78, 5) is 0. The van der Waals surface area contributed by atoms with Crippen LogP contribution in [0.4, 0.5) is 0 Å². The molecule has 0 heterocycles. The first-order valence-corrected chi connectivity index (χ1v) is 7.34. The summed E-state index contributed by atoms with van der Waals surface area (Å²) in [6.45, 7) is 3.82. The molecule has 0 aliphatic heterocycles. The normalized spacial score (nSPS) is 13.8. The number of nitrogens with one attached hydrogen (secondary N) is 1. The van der Waals surface area contributed by atoms with Crippen LogP contribution >= 0.6 is 15.9 Å². The molecule has 5 heteroatoms. The maximum atomic E-state index is 11.3. The van der Waals surface area contributed by atoms with Crippen LogP contribution in [0, 0.1) is 6.92 Å². The lowest BCUT2D eigenvalue weighted by Gasteiger charge is -2.13. The van der Waals surface area contributed by atoms with Gasteiger partial charge in [-0.25, -0.2) is 13.1 Å². The largest absolute Gasteiger partial charge is 0.222 e. The van der Waals surface area contributed by atoms with Crippen molar-refractivity contribution in [3.63, 3.8) is 0 Å². The van der Waals surface area contributed by atoms with E-state index in [-0.39, 0.29) is 10.7 Å². The van der Waals surface area contributed by atoms with Crippen LogP contribution in [0.3, 0.4) is 0 Å². The summed E-state index contributed by atoms with van der Waals surface area (Å²) in [5.41, 5.74) is 2.12. The minimum Gasteiger partial charge on any atom is -0.212 e. The van der Waals surface area contributed by atoms with E-state index >= 15 is 0 Å². The monoisotopic (exact) mass is 291 g/mol. The molecule has 0 saturated carbocycles. The summed E-state index contributed by atoms with van der Waals surface area (Å²) in [6, 6.07) is 7.59. The lowest BCUT2D eigenvalue weighted by molar-refractivity contribution is 0.572. The fourth-order valence-electron chi connectivity index (χ4n) is 1.22. The highest BCUT2D eigenvalue weighted by Crippen LogP contribution is 2.14.